The van der Waals surface area contributed by atoms with Crippen LogP contribution >= 0.6 is 11.6 Å². The van der Waals surface area contributed by atoms with Crippen molar-refractivity contribution < 1.29 is 23.1 Å². The summed E-state index contributed by atoms with van der Waals surface area (Å²) in [5.41, 5.74) is -0.283. The van der Waals surface area contributed by atoms with Crippen molar-refractivity contribution in [1.29, 1.82) is 0 Å². The van der Waals surface area contributed by atoms with Crippen LogP contribution in [-0.4, -0.2) is 66.3 Å². The lowest BCUT2D eigenvalue weighted by atomic mass is 10.1. The summed E-state index contributed by atoms with van der Waals surface area (Å²) < 4.78 is 29.5. The molecule has 0 aromatic heterocycles. The molecule has 164 valence electrons. The van der Waals surface area contributed by atoms with Crippen molar-refractivity contribution in [2.75, 3.05) is 26.2 Å². The largest absolute Gasteiger partial charge is 0.480 e. The van der Waals surface area contributed by atoms with Gasteiger partial charge in [0.05, 0.1) is 0 Å². The van der Waals surface area contributed by atoms with Gasteiger partial charge in [-0.05, 0) is 36.2 Å². The lowest BCUT2D eigenvalue weighted by molar-refractivity contribution is -0.140. The maximum atomic E-state index is 12.9. The number of hydrogen-bond acceptors (Lipinski definition) is 4. The van der Waals surface area contributed by atoms with Gasteiger partial charge in [0.2, 0.25) is 0 Å². The van der Waals surface area contributed by atoms with Crippen LogP contribution in [0.4, 0.5) is 0 Å². The van der Waals surface area contributed by atoms with Crippen LogP contribution in [0, 0.1) is 0 Å². The Morgan fingerprint density at radius 1 is 1.00 bits per heavy atom. The lowest BCUT2D eigenvalue weighted by Crippen LogP contribution is -2.56. The van der Waals surface area contributed by atoms with Crippen molar-refractivity contribution in [1.82, 2.24) is 13.9 Å². The number of carbonyl (C=O) groups excluding carboxylic acids is 1. The molecule has 1 amide bonds. The molecule has 8 nitrogen and oxygen atoms in total. The molecule has 2 N–H and O–H groups in total. The van der Waals surface area contributed by atoms with Crippen molar-refractivity contribution in [3.63, 3.8) is 0 Å². The number of nitrogens with zero attached hydrogens (tertiary/aromatic N) is 2. The molecule has 1 heterocycles. The van der Waals surface area contributed by atoms with Gasteiger partial charge in [0.15, 0.2) is 0 Å². The van der Waals surface area contributed by atoms with Gasteiger partial charge in [-0.1, -0.05) is 41.9 Å². The minimum Gasteiger partial charge on any atom is -0.480 e. The van der Waals surface area contributed by atoms with Gasteiger partial charge >= 0.3 is 5.97 Å². The Balaban J connectivity index is 1.41. The summed E-state index contributed by atoms with van der Waals surface area (Å²) in [4.78, 5) is 26.1. The normalized spacial score (nSPS) is 24.0. The summed E-state index contributed by atoms with van der Waals surface area (Å²) in [5.74, 6) is -1.81. The Hall–Kier alpha value is -2.46. The van der Waals surface area contributed by atoms with E-state index in [2.05, 4.69) is 4.72 Å². The number of rotatable bonds is 6. The van der Waals surface area contributed by atoms with Crippen molar-refractivity contribution in [3.05, 3.63) is 70.7 Å². The summed E-state index contributed by atoms with van der Waals surface area (Å²) in [5, 5.41) is 10.3. The van der Waals surface area contributed by atoms with E-state index in [-0.39, 0.29) is 38.5 Å². The van der Waals surface area contributed by atoms with Gasteiger partial charge in [0.1, 0.15) is 5.54 Å². The molecule has 2 aromatic carbocycles. The molecule has 2 atom stereocenters. The van der Waals surface area contributed by atoms with Gasteiger partial charge in [-0.25, -0.2) is 0 Å². The van der Waals surface area contributed by atoms with E-state index < -0.39 is 27.6 Å². The van der Waals surface area contributed by atoms with Gasteiger partial charge in [-0.15, -0.1) is 0 Å². The van der Waals surface area contributed by atoms with Crippen molar-refractivity contribution in [3.8, 4) is 0 Å². The first-order valence-electron chi connectivity index (χ1n) is 9.85. The van der Waals surface area contributed by atoms with Crippen LogP contribution in [0.15, 0.2) is 54.6 Å². The van der Waals surface area contributed by atoms with Gasteiger partial charge in [-0.2, -0.15) is 17.4 Å². The molecule has 1 saturated carbocycles. The number of amides is 1. The van der Waals surface area contributed by atoms with Crippen LogP contribution in [0.5, 0.6) is 0 Å². The number of piperazine rings is 1. The Kier molecular flexibility index (Phi) is 5.78. The van der Waals surface area contributed by atoms with Crippen LogP contribution in [0.1, 0.15) is 28.3 Å². The number of carbonyl (C=O) groups is 2. The van der Waals surface area contributed by atoms with Crippen LogP contribution in [0.25, 0.3) is 0 Å². The van der Waals surface area contributed by atoms with Gasteiger partial charge in [0, 0.05) is 42.7 Å². The molecule has 10 heteroatoms. The molecule has 2 aromatic rings. The maximum absolute atomic E-state index is 12.9. The van der Waals surface area contributed by atoms with E-state index in [1.807, 2.05) is 6.07 Å². The number of halogens is 1. The van der Waals surface area contributed by atoms with E-state index in [1.54, 1.807) is 53.4 Å². The Labute approximate surface area is 185 Å². The summed E-state index contributed by atoms with van der Waals surface area (Å²) in [7, 11) is -4.04. The minimum atomic E-state index is -4.04. The summed E-state index contributed by atoms with van der Waals surface area (Å²) >= 11 is 5.85. The minimum absolute atomic E-state index is 0.0837. The third kappa shape index (κ3) is 4.31. The number of hydrogen-bond donors (Lipinski definition) is 2. The molecule has 1 aliphatic carbocycles. The third-order valence-electron chi connectivity index (χ3n) is 5.81. The van der Waals surface area contributed by atoms with Crippen LogP contribution in [-0.2, 0) is 15.0 Å². The van der Waals surface area contributed by atoms with E-state index in [0.29, 0.717) is 10.6 Å². The maximum Gasteiger partial charge on any atom is 0.325 e. The second-order valence-electron chi connectivity index (χ2n) is 7.75. The topological polar surface area (TPSA) is 107 Å². The molecule has 4 rings (SSSR count). The number of benzene rings is 2. The number of aliphatic carboxylic acids is 1. The fraction of sp³-hybridized carbons (Fsp3) is 0.333. The average molecular weight is 464 g/mol. The second-order valence-corrected chi connectivity index (χ2v) is 9.86. The first-order chi connectivity index (χ1) is 14.7. The first-order valence-corrected chi connectivity index (χ1v) is 11.7. The Bertz CT molecular complexity index is 1090. The molecule has 31 heavy (non-hydrogen) atoms. The van der Waals surface area contributed by atoms with E-state index in [0.717, 1.165) is 5.56 Å². The standard InChI is InChI=1S/C21H22ClN3O5S/c22-17-8-6-16(7-9-17)19(26)24-10-12-25(13-11-24)31(29,30)23-21(20(27)28)14-18(21)15-4-2-1-3-5-15/h1-9,18,23H,10-14H2,(H,27,28)/t18-,21?/m0/s1. The molecule has 0 spiro atoms. The van der Waals surface area contributed by atoms with Crippen molar-refractivity contribution >= 4 is 33.7 Å². The number of carboxylic acids is 1. The number of nitrogens with one attached hydrogen (secondary N) is 1. The zero-order valence-electron chi connectivity index (χ0n) is 16.6. The van der Waals surface area contributed by atoms with Crippen LogP contribution in [0.3, 0.4) is 0 Å². The predicted octanol–water partition coefficient (Wildman–Crippen LogP) is 1.94. The molecule has 2 aliphatic rings. The highest BCUT2D eigenvalue weighted by atomic mass is 35.5. The monoisotopic (exact) mass is 463 g/mol. The number of carboxylic acid groups (broad SMARTS) is 1. The Morgan fingerprint density at radius 3 is 2.19 bits per heavy atom. The molecule has 0 radical (unpaired) electrons. The Morgan fingerprint density at radius 2 is 1.61 bits per heavy atom. The SMILES string of the molecule is O=C(c1ccc(Cl)cc1)N1CCN(S(=O)(=O)NC2(C(=O)O)C[C@H]2c2ccccc2)CC1. The van der Waals surface area contributed by atoms with Gasteiger partial charge < -0.3 is 10.0 Å². The fourth-order valence-electron chi connectivity index (χ4n) is 3.94. The van der Waals surface area contributed by atoms with E-state index >= 15 is 0 Å². The van der Waals surface area contributed by atoms with Crippen molar-refractivity contribution in [2.24, 2.45) is 0 Å². The molecule has 0 bridgehead atoms. The van der Waals surface area contributed by atoms with Gasteiger partial charge in [-0.3, -0.25) is 9.59 Å². The lowest BCUT2D eigenvalue weighted by Gasteiger charge is -2.34. The van der Waals surface area contributed by atoms with Crippen LogP contribution in [0.2, 0.25) is 5.02 Å². The zero-order chi connectivity index (χ0) is 22.2. The summed E-state index contributed by atoms with van der Waals surface area (Å²) in [6.07, 6.45) is 0.195. The highest BCUT2D eigenvalue weighted by Crippen LogP contribution is 2.52. The van der Waals surface area contributed by atoms with E-state index in [4.69, 9.17) is 11.6 Å². The second kappa shape index (κ2) is 8.23. The zero-order valence-corrected chi connectivity index (χ0v) is 18.1. The highest BCUT2D eigenvalue weighted by Gasteiger charge is 2.63. The molecular weight excluding hydrogens is 442 g/mol. The smallest absolute Gasteiger partial charge is 0.325 e. The fourth-order valence-corrected chi connectivity index (χ4v) is 5.62. The summed E-state index contributed by atoms with van der Waals surface area (Å²) in [6.45, 7) is 0.593. The molecule has 1 aliphatic heterocycles. The summed E-state index contributed by atoms with van der Waals surface area (Å²) in [6, 6.07) is 15.5. The molecule has 1 saturated heterocycles. The average Bonchev–Trinajstić information content (AvgIpc) is 3.49. The quantitative estimate of drug-likeness (QED) is 0.680. The third-order valence-corrected chi connectivity index (χ3v) is 7.73. The first kappa shape index (κ1) is 21.8. The van der Waals surface area contributed by atoms with E-state index in [9.17, 15) is 23.1 Å². The highest BCUT2D eigenvalue weighted by molar-refractivity contribution is 7.87. The molecule has 1 unspecified atom stereocenters. The van der Waals surface area contributed by atoms with Crippen LogP contribution < -0.4 is 4.72 Å². The molecular formula is C21H22ClN3O5S. The van der Waals surface area contributed by atoms with Gasteiger partial charge in [0.25, 0.3) is 16.1 Å². The molecule has 2 fully saturated rings. The predicted molar refractivity (Wildman–Crippen MR) is 115 cm³/mol. The van der Waals surface area contributed by atoms with E-state index in [1.165, 1.54) is 4.31 Å². The van der Waals surface area contributed by atoms with Crippen molar-refractivity contribution in [2.45, 2.75) is 17.9 Å².